The molecule has 12 heteroatoms. The van der Waals surface area contributed by atoms with Gasteiger partial charge in [0.05, 0.1) is 39.6 Å². The minimum Gasteiger partial charge on any atom is -0.491 e. The van der Waals surface area contributed by atoms with Gasteiger partial charge in [0.1, 0.15) is 28.6 Å². The molecular weight excluding hydrogens is 576 g/mol. The number of pyridine rings is 1. The molecule has 1 aliphatic rings. The zero-order valence-electron chi connectivity index (χ0n) is 24.8. The fourth-order valence-electron chi connectivity index (χ4n) is 5.27. The van der Waals surface area contributed by atoms with Gasteiger partial charge in [0, 0.05) is 36.9 Å². The third-order valence-corrected chi connectivity index (χ3v) is 8.95. The highest BCUT2D eigenvalue weighted by Gasteiger charge is 2.29. The zero-order valence-corrected chi connectivity index (χ0v) is 25.6. The highest BCUT2D eigenvalue weighted by molar-refractivity contribution is 8.01. The van der Waals surface area contributed by atoms with E-state index >= 15 is 0 Å². The number of hydrogen-bond acceptors (Lipinski definition) is 8. The maximum Gasteiger partial charge on any atom is 0.238 e. The summed E-state index contributed by atoms with van der Waals surface area (Å²) >= 11 is 0. The minimum atomic E-state index is -3.45. The lowest BCUT2D eigenvalue weighted by molar-refractivity contribution is -0.0784. The van der Waals surface area contributed by atoms with E-state index in [0.29, 0.717) is 48.0 Å². The molecule has 2 unspecified atom stereocenters. The summed E-state index contributed by atoms with van der Waals surface area (Å²) in [7, 11) is -0.281. The Kier molecular flexibility index (Phi) is 8.44. The van der Waals surface area contributed by atoms with Crippen LogP contribution >= 0.6 is 0 Å². The SMILES string of the molecule is C=S(=O)(Nc1cc(-c2cc(OCC3CCOC(C)(C)C3)c3nc(NC)nc(C)c3c2)cnc1OC)c1ccc(F)cc1F. The monoisotopic (exact) mass is 611 g/mol. The van der Waals surface area contributed by atoms with Gasteiger partial charge in [-0.15, -0.1) is 0 Å². The van der Waals surface area contributed by atoms with Crippen molar-refractivity contribution in [1.82, 2.24) is 15.0 Å². The Morgan fingerprint density at radius 1 is 1.16 bits per heavy atom. The molecule has 0 saturated carbocycles. The zero-order chi connectivity index (χ0) is 30.9. The van der Waals surface area contributed by atoms with Crippen molar-refractivity contribution in [3.63, 3.8) is 0 Å². The lowest BCUT2D eigenvalue weighted by Crippen LogP contribution is -2.36. The van der Waals surface area contributed by atoms with Gasteiger partial charge in [0.2, 0.25) is 11.8 Å². The minimum absolute atomic E-state index is 0.125. The maximum absolute atomic E-state index is 14.5. The number of nitrogens with one attached hydrogen (secondary N) is 2. The van der Waals surface area contributed by atoms with Crippen LogP contribution in [0.25, 0.3) is 22.0 Å². The van der Waals surface area contributed by atoms with Crippen LogP contribution in [0, 0.1) is 24.5 Å². The van der Waals surface area contributed by atoms with E-state index in [4.69, 9.17) is 19.2 Å². The third-order valence-electron chi connectivity index (χ3n) is 7.36. The van der Waals surface area contributed by atoms with Crippen LogP contribution in [0.15, 0.2) is 47.5 Å². The number of benzene rings is 2. The van der Waals surface area contributed by atoms with Crippen LogP contribution in [0.5, 0.6) is 11.6 Å². The van der Waals surface area contributed by atoms with Crippen molar-refractivity contribution in [1.29, 1.82) is 0 Å². The van der Waals surface area contributed by atoms with Gasteiger partial charge < -0.3 is 24.2 Å². The Hall–Kier alpha value is -4.03. The van der Waals surface area contributed by atoms with Crippen molar-refractivity contribution in [2.75, 3.05) is 37.4 Å². The molecule has 4 aromatic rings. The van der Waals surface area contributed by atoms with Crippen LogP contribution in [0.2, 0.25) is 0 Å². The molecule has 2 N–H and O–H groups in total. The molecule has 2 atom stereocenters. The summed E-state index contributed by atoms with van der Waals surface area (Å²) in [4.78, 5) is 13.4. The summed E-state index contributed by atoms with van der Waals surface area (Å²) in [6, 6.07) is 8.29. The molecule has 2 aromatic carbocycles. The van der Waals surface area contributed by atoms with Crippen LogP contribution < -0.4 is 19.5 Å². The average Bonchev–Trinajstić information content (AvgIpc) is 2.95. The van der Waals surface area contributed by atoms with E-state index in [-0.39, 0.29) is 22.1 Å². The highest BCUT2D eigenvalue weighted by atomic mass is 32.2. The van der Waals surface area contributed by atoms with Crippen molar-refractivity contribution in [3.8, 4) is 22.8 Å². The van der Waals surface area contributed by atoms with Crippen LogP contribution in [0.1, 0.15) is 32.4 Å². The largest absolute Gasteiger partial charge is 0.491 e. The number of fused-ring (bicyclic) bond motifs is 1. The molecule has 0 radical (unpaired) electrons. The van der Waals surface area contributed by atoms with Crippen LogP contribution in [-0.4, -0.2) is 58.0 Å². The first-order chi connectivity index (χ1) is 20.4. The summed E-state index contributed by atoms with van der Waals surface area (Å²) in [6.45, 7) is 7.23. The molecule has 0 spiro atoms. The summed E-state index contributed by atoms with van der Waals surface area (Å²) < 4.78 is 62.0. The Labute approximate surface area is 250 Å². The molecule has 5 rings (SSSR count). The summed E-state index contributed by atoms with van der Waals surface area (Å²) in [5.41, 5.74) is 2.79. The fraction of sp³-hybridized carbons (Fsp3) is 0.355. The van der Waals surface area contributed by atoms with Gasteiger partial charge in [-0.1, -0.05) is 0 Å². The molecule has 1 aliphatic heterocycles. The Morgan fingerprint density at radius 2 is 1.95 bits per heavy atom. The number of halogens is 2. The van der Waals surface area contributed by atoms with Gasteiger partial charge in [0.15, 0.2) is 0 Å². The van der Waals surface area contributed by atoms with Gasteiger partial charge in [-0.2, -0.15) is 0 Å². The fourth-order valence-corrected chi connectivity index (χ4v) is 6.54. The first-order valence-corrected chi connectivity index (χ1v) is 15.5. The molecule has 43 heavy (non-hydrogen) atoms. The smallest absolute Gasteiger partial charge is 0.238 e. The summed E-state index contributed by atoms with van der Waals surface area (Å²) in [6.07, 6.45) is 3.38. The quantitative estimate of drug-likeness (QED) is 0.222. The average molecular weight is 612 g/mol. The van der Waals surface area contributed by atoms with Crippen molar-refractivity contribution in [2.24, 2.45) is 5.92 Å². The molecule has 0 bridgehead atoms. The molecule has 9 nitrogen and oxygen atoms in total. The van der Waals surface area contributed by atoms with E-state index in [1.165, 1.54) is 7.11 Å². The van der Waals surface area contributed by atoms with Gasteiger partial charge >= 0.3 is 0 Å². The Balaban J connectivity index is 1.55. The molecule has 3 heterocycles. The molecule has 1 saturated heterocycles. The molecule has 0 amide bonds. The first kappa shape index (κ1) is 30.4. The van der Waals surface area contributed by atoms with Crippen molar-refractivity contribution in [2.45, 2.75) is 44.1 Å². The van der Waals surface area contributed by atoms with E-state index < -0.39 is 21.3 Å². The predicted octanol–water partition coefficient (Wildman–Crippen LogP) is 6.02. The van der Waals surface area contributed by atoms with Crippen LogP contribution in [0.3, 0.4) is 0 Å². The van der Waals surface area contributed by atoms with Crippen molar-refractivity contribution in [3.05, 3.63) is 59.9 Å². The van der Waals surface area contributed by atoms with E-state index in [9.17, 15) is 13.0 Å². The number of aryl methyl sites for hydroxylation is 1. The molecular formula is C31H35F2N5O4S. The normalized spacial score (nSPS) is 17.7. The van der Waals surface area contributed by atoms with Gasteiger partial charge in [-0.05, 0) is 81.3 Å². The standard InChI is InChI=1S/C31H35F2N5O4S/c1-18-23-11-20(13-26(28(23)37-30(34-4)36-18)41-17-19-9-10-42-31(2,3)15-19)21-12-25(29(40-5)35-16-21)38-43(6,39)27-8-7-22(32)14-24(27)33/h7-8,11-14,16,19H,6,9-10,15,17H2,1-5H3,(H,38,39)(H,34,36,37). The van der Waals surface area contributed by atoms with Crippen molar-refractivity contribution >= 4 is 38.1 Å². The van der Waals surface area contributed by atoms with Crippen molar-refractivity contribution < 1.29 is 27.2 Å². The Bertz CT molecular complexity index is 1780. The number of aromatic nitrogens is 3. The number of anilines is 2. The highest BCUT2D eigenvalue weighted by Crippen LogP contribution is 2.37. The second kappa shape index (κ2) is 11.9. The maximum atomic E-state index is 14.5. The van der Waals surface area contributed by atoms with E-state index in [0.717, 1.165) is 41.6 Å². The lowest BCUT2D eigenvalue weighted by atomic mass is 9.89. The topological polar surface area (TPSA) is 107 Å². The lowest BCUT2D eigenvalue weighted by Gasteiger charge is -2.35. The van der Waals surface area contributed by atoms with Gasteiger partial charge in [-0.25, -0.2) is 27.9 Å². The van der Waals surface area contributed by atoms with E-state index in [1.54, 1.807) is 19.3 Å². The van der Waals surface area contributed by atoms with Crippen LogP contribution in [-0.2, 0) is 14.4 Å². The predicted molar refractivity (Wildman–Crippen MR) is 165 cm³/mol. The number of hydrogen-bond donors (Lipinski definition) is 2. The van der Waals surface area contributed by atoms with Crippen LogP contribution in [0.4, 0.5) is 20.4 Å². The van der Waals surface area contributed by atoms with E-state index in [2.05, 4.69) is 39.7 Å². The number of rotatable bonds is 9. The Morgan fingerprint density at radius 3 is 2.65 bits per heavy atom. The second-order valence-corrected chi connectivity index (χ2v) is 13.2. The third kappa shape index (κ3) is 6.65. The molecule has 228 valence electrons. The summed E-state index contributed by atoms with van der Waals surface area (Å²) in [5.74, 6) is 3.42. The number of nitrogens with zero attached hydrogens (tertiary/aromatic N) is 3. The number of ether oxygens (including phenoxy) is 3. The molecule has 2 aromatic heterocycles. The molecule has 0 aliphatic carbocycles. The second-order valence-electron chi connectivity index (χ2n) is 11.2. The van der Waals surface area contributed by atoms with E-state index in [1.807, 2.05) is 19.1 Å². The number of methoxy groups -OCH3 is 1. The first-order valence-electron chi connectivity index (χ1n) is 13.8. The van der Waals surface area contributed by atoms with Gasteiger partial charge in [-0.3, -0.25) is 0 Å². The van der Waals surface area contributed by atoms with Gasteiger partial charge in [0.25, 0.3) is 0 Å². The summed E-state index contributed by atoms with van der Waals surface area (Å²) in [5, 5.41) is 3.80. The molecule has 1 fully saturated rings.